The molecule has 4 aromatic carbocycles. The fourth-order valence-electron chi connectivity index (χ4n) is 7.61. The normalized spacial score (nSPS) is 15.9. The molecule has 0 spiro atoms. The van der Waals surface area contributed by atoms with Crippen molar-refractivity contribution >= 4 is 56.2 Å². The third-order valence-electron chi connectivity index (χ3n) is 11.1. The van der Waals surface area contributed by atoms with Crippen LogP contribution in [0.2, 0.25) is 0 Å². The quantitative estimate of drug-likeness (QED) is 0.0595. The minimum atomic E-state index is -4.50. The van der Waals surface area contributed by atoms with Crippen molar-refractivity contribution in [2.75, 3.05) is 56.9 Å². The van der Waals surface area contributed by atoms with Gasteiger partial charge >= 0.3 is 0 Å². The Labute approximate surface area is 399 Å². The maximum absolute atomic E-state index is 16.1. The van der Waals surface area contributed by atoms with Gasteiger partial charge in [0, 0.05) is 61.4 Å². The summed E-state index contributed by atoms with van der Waals surface area (Å²) in [6.45, 7) is 0. The number of ether oxygens (including phenoxy) is 8. The highest BCUT2D eigenvalue weighted by Crippen LogP contribution is 2.40. The van der Waals surface area contributed by atoms with Crippen LogP contribution < -0.4 is 28.4 Å². The fourth-order valence-corrected chi connectivity index (χ4v) is 9.68. The standard InChI is InChI=1S/C50H50N4O14S/c1-61-37-27-45(65-5)39(46(28-37)66-6)19-23-49(31-9-21-43(63-3)41(25-31)51-33-11-15-35(16-12-33)53(55)56)69(59,60)50(24-20-40-47(67-7)29-38(62-2)30-48(40)68-8)32-10-22-44(64-4)42(26-32)52-34-13-17-36(18-14-34)54(57)58/h9-24,27-30,49-50H,25-26H2,1-8H3. The van der Waals surface area contributed by atoms with Crippen LogP contribution in [0.15, 0.2) is 142 Å². The van der Waals surface area contributed by atoms with Gasteiger partial charge in [0.25, 0.3) is 11.4 Å². The molecule has 18 nitrogen and oxygen atoms in total. The molecule has 0 heterocycles. The number of nitro groups is 2. The van der Waals surface area contributed by atoms with Gasteiger partial charge in [0.15, 0.2) is 9.84 Å². The van der Waals surface area contributed by atoms with Crippen molar-refractivity contribution < 1.29 is 56.2 Å². The largest absolute Gasteiger partial charge is 0.496 e. The first-order valence-electron chi connectivity index (χ1n) is 21.0. The molecule has 360 valence electrons. The molecule has 2 unspecified atom stereocenters. The first kappa shape index (κ1) is 50.2. The van der Waals surface area contributed by atoms with E-state index in [4.69, 9.17) is 47.9 Å². The molecule has 0 fully saturated rings. The van der Waals surface area contributed by atoms with E-state index in [1.165, 1.54) is 105 Å². The highest BCUT2D eigenvalue weighted by Gasteiger charge is 2.38. The number of hydrogen-bond donors (Lipinski definition) is 0. The second-order valence-electron chi connectivity index (χ2n) is 15.0. The molecule has 19 heteroatoms. The van der Waals surface area contributed by atoms with Crippen molar-refractivity contribution in [1.29, 1.82) is 0 Å². The zero-order chi connectivity index (χ0) is 49.8. The monoisotopic (exact) mass is 962 g/mol. The Bertz CT molecular complexity index is 2710. The van der Waals surface area contributed by atoms with Crippen LogP contribution in [0.5, 0.6) is 34.5 Å². The Morgan fingerprint density at radius 2 is 0.841 bits per heavy atom. The molecule has 0 saturated carbocycles. The molecule has 0 N–H and O–H groups in total. The first-order valence-corrected chi connectivity index (χ1v) is 22.6. The van der Waals surface area contributed by atoms with E-state index in [1.54, 1.807) is 72.9 Å². The minimum Gasteiger partial charge on any atom is -0.496 e. The number of allylic oxidation sites excluding steroid dienone is 6. The van der Waals surface area contributed by atoms with Crippen LogP contribution in [-0.4, -0.2) is 97.1 Å². The summed E-state index contributed by atoms with van der Waals surface area (Å²) in [5, 5.41) is 20.1. The lowest BCUT2D eigenvalue weighted by Gasteiger charge is -2.28. The zero-order valence-corrected chi connectivity index (χ0v) is 39.8. The van der Waals surface area contributed by atoms with Crippen LogP contribution in [0.4, 0.5) is 22.7 Å². The molecular weight excluding hydrogens is 913 g/mol. The average molecular weight is 963 g/mol. The van der Waals surface area contributed by atoms with Crippen molar-refractivity contribution in [3.63, 3.8) is 0 Å². The number of methoxy groups -OCH3 is 8. The average Bonchev–Trinajstić information content (AvgIpc) is 3.36. The summed E-state index contributed by atoms with van der Waals surface area (Å²) in [5.41, 5.74) is 2.85. The first-order chi connectivity index (χ1) is 33.2. The van der Waals surface area contributed by atoms with Crippen molar-refractivity contribution in [2.24, 2.45) is 9.98 Å². The van der Waals surface area contributed by atoms with E-state index in [9.17, 15) is 20.2 Å². The van der Waals surface area contributed by atoms with Gasteiger partial charge in [-0.2, -0.15) is 0 Å². The van der Waals surface area contributed by atoms with E-state index in [-0.39, 0.29) is 24.2 Å². The van der Waals surface area contributed by atoms with Crippen LogP contribution in [0.1, 0.15) is 24.0 Å². The molecule has 0 aromatic heterocycles. The Balaban J connectivity index is 1.58. The van der Waals surface area contributed by atoms with Crippen molar-refractivity contribution in [2.45, 2.75) is 23.3 Å². The van der Waals surface area contributed by atoms with E-state index in [2.05, 4.69) is 0 Å². The van der Waals surface area contributed by atoms with Crippen molar-refractivity contribution in [3.8, 4) is 34.5 Å². The van der Waals surface area contributed by atoms with Gasteiger partial charge in [0.05, 0.1) is 101 Å². The number of benzene rings is 4. The molecule has 0 bridgehead atoms. The SMILES string of the molecule is COC1=CC=C(C(C=Cc2c(OC)cc(OC)cc2OC)S(=O)(=O)C(C=Cc2c(OC)cc(OC)cc2OC)C2=CC=C(OC)C(=Nc3ccc([N+](=O)[O-])cc3)C2)CC1=Nc1ccc([N+](=O)[O-])cc1. The summed E-state index contributed by atoms with van der Waals surface area (Å²) in [6, 6.07) is 17.8. The van der Waals surface area contributed by atoms with Crippen LogP contribution in [0.3, 0.4) is 0 Å². The van der Waals surface area contributed by atoms with Gasteiger partial charge in [-0.25, -0.2) is 18.4 Å². The minimum absolute atomic E-state index is 0.0298. The summed E-state index contributed by atoms with van der Waals surface area (Å²) < 4.78 is 77.4. The molecule has 0 aliphatic heterocycles. The third-order valence-corrected chi connectivity index (χ3v) is 13.5. The van der Waals surface area contributed by atoms with Crippen LogP contribution in [0, 0.1) is 20.2 Å². The van der Waals surface area contributed by atoms with Crippen LogP contribution in [0.25, 0.3) is 12.2 Å². The van der Waals surface area contributed by atoms with E-state index >= 15 is 8.42 Å². The van der Waals surface area contributed by atoms with E-state index in [0.29, 0.717) is 91.1 Å². The summed E-state index contributed by atoms with van der Waals surface area (Å²) >= 11 is 0. The van der Waals surface area contributed by atoms with Gasteiger partial charge in [0.2, 0.25) is 0 Å². The Morgan fingerprint density at radius 3 is 1.12 bits per heavy atom. The number of rotatable bonds is 20. The lowest BCUT2D eigenvalue weighted by molar-refractivity contribution is -0.385. The smallest absolute Gasteiger partial charge is 0.269 e. The number of nitro benzene ring substituents is 2. The molecule has 0 amide bonds. The van der Waals surface area contributed by atoms with Gasteiger partial charge in [-0.3, -0.25) is 20.2 Å². The maximum atomic E-state index is 16.1. The van der Waals surface area contributed by atoms with E-state index in [0.717, 1.165) is 0 Å². The molecule has 0 radical (unpaired) electrons. The molecule has 6 rings (SSSR count). The Hall–Kier alpha value is -8.19. The Kier molecular flexibility index (Phi) is 16.4. The fraction of sp³-hybridized carbons (Fsp3) is 0.240. The molecule has 69 heavy (non-hydrogen) atoms. The second kappa shape index (κ2) is 22.5. The summed E-state index contributed by atoms with van der Waals surface area (Å²) in [5.74, 6) is 2.95. The van der Waals surface area contributed by atoms with Gasteiger partial charge in [0.1, 0.15) is 56.5 Å². The Morgan fingerprint density at radius 1 is 0.507 bits per heavy atom. The van der Waals surface area contributed by atoms with Crippen LogP contribution >= 0.6 is 0 Å². The number of sulfone groups is 1. The number of nitrogens with zero attached hydrogens (tertiary/aromatic N) is 4. The lowest BCUT2D eigenvalue weighted by atomic mass is 9.97. The van der Waals surface area contributed by atoms with E-state index in [1.807, 2.05) is 0 Å². The zero-order valence-electron chi connectivity index (χ0n) is 39.0. The predicted molar refractivity (Wildman–Crippen MR) is 263 cm³/mol. The molecule has 2 atom stereocenters. The molecule has 0 saturated heterocycles. The van der Waals surface area contributed by atoms with Crippen molar-refractivity contribution in [3.05, 3.63) is 163 Å². The highest BCUT2D eigenvalue weighted by atomic mass is 32.2. The topological polar surface area (TPSA) is 219 Å². The van der Waals surface area contributed by atoms with Gasteiger partial charge < -0.3 is 37.9 Å². The summed E-state index contributed by atoms with van der Waals surface area (Å²) in [7, 11) is 7.29. The van der Waals surface area contributed by atoms with Gasteiger partial charge in [-0.05, 0) is 59.7 Å². The number of aliphatic imine (C=N–C) groups is 2. The molecular formula is C50H50N4O14S. The number of non-ortho nitro benzene ring substituents is 2. The summed E-state index contributed by atoms with van der Waals surface area (Å²) in [6.07, 6.45) is 12.8. The third kappa shape index (κ3) is 11.5. The van der Waals surface area contributed by atoms with Gasteiger partial charge in [-0.1, -0.05) is 24.3 Å². The maximum Gasteiger partial charge on any atom is 0.269 e. The molecule has 4 aromatic rings. The molecule has 2 aliphatic rings. The molecule has 2 aliphatic carbocycles. The second-order valence-corrected chi connectivity index (χ2v) is 17.2. The number of hydrogen-bond acceptors (Lipinski definition) is 16. The predicted octanol–water partition coefficient (Wildman–Crippen LogP) is 9.70. The van der Waals surface area contributed by atoms with E-state index < -0.39 is 30.2 Å². The van der Waals surface area contributed by atoms with Crippen molar-refractivity contribution in [1.82, 2.24) is 0 Å². The van der Waals surface area contributed by atoms with Gasteiger partial charge in [-0.15, -0.1) is 0 Å². The highest BCUT2D eigenvalue weighted by molar-refractivity contribution is 7.93. The summed E-state index contributed by atoms with van der Waals surface area (Å²) in [4.78, 5) is 31.4. The van der Waals surface area contributed by atoms with Crippen LogP contribution in [-0.2, 0) is 19.3 Å². The lowest BCUT2D eigenvalue weighted by Crippen LogP contribution is -2.35.